The quantitative estimate of drug-likeness (QED) is 0.0839. The summed E-state index contributed by atoms with van der Waals surface area (Å²) in [7, 11) is 0. The standard InChI is InChI=1S/C30H20Cl3N3O5/c31-23-6-5-21(27(32)15-23)18-40-26-9-7-24(8-10-26)35-30(37)22(16-34)12-19-4-11-29(28(33)14-19)41-17-20-2-1-3-25(13-20)36(38)39/h1-15H,17-18H2,(H,35,37)/b22-12+. The highest BCUT2D eigenvalue weighted by Gasteiger charge is 2.12. The monoisotopic (exact) mass is 607 g/mol. The van der Waals surface area contributed by atoms with Crippen LogP contribution >= 0.6 is 34.8 Å². The van der Waals surface area contributed by atoms with Crippen LogP contribution in [0.2, 0.25) is 15.1 Å². The van der Waals surface area contributed by atoms with E-state index < -0.39 is 10.8 Å². The lowest BCUT2D eigenvalue weighted by Crippen LogP contribution is -2.13. The second-order valence-electron chi connectivity index (χ2n) is 8.58. The molecule has 0 spiro atoms. The number of nitrogens with zero attached hydrogens (tertiary/aromatic N) is 2. The van der Waals surface area contributed by atoms with Crippen molar-refractivity contribution >= 4 is 58.2 Å². The number of non-ortho nitro benzene ring substituents is 1. The average Bonchev–Trinajstić information content (AvgIpc) is 2.96. The molecule has 0 saturated carbocycles. The van der Waals surface area contributed by atoms with Crippen LogP contribution in [0.15, 0.2) is 90.5 Å². The predicted octanol–water partition coefficient (Wildman–Crippen LogP) is 8.26. The minimum absolute atomic E-state index is 0.0382. The van der Waals surface area contributed by atoms with Crippen molar-refractivity contribution in [3.8, 4) is 17.6 Å². The Morgan fingerprint density at radius 1 is 0.927 bits per heavy atom. The summed E-state index contributed by atoms with van der Waals surface area (Å²) in [5, 5.41) is 24.5. The molecule has 1 amide bonds. The molecule has 0 saturated heterocycles. The van der Waals surface area contributed by atoms with Crippen LogP contribution in [0.1, 0.15) is 16.7 Å². The van der Waals surface area contributed by atoms with Crippen LogP contribution in [0.25, 0.3) is 6.08 Å². The van der Waals surface area contributed by atoms with Crippen molar-refractivity contribution in [1.82, 2.24) is 0 Å². The SMILES string of the molecule is N#C/C(=C\c1ccc(OCc2cccc([N+](=O)[O-])c2)c(Cl)c1)C(=O)Nc1ccc(OCc2ccc(Cl)cc2Cl)cc1. The first-order valence-electron chi connectivity index (χ1n) is 12.0. The lowest BCUT2D eigenvalue weighted by molar-refractivity contribution is -0.384. The Labute approximate surface area is 250 Å². The molecule has 0 aliphatic carbocycles. The first kappa shape index (κ1) is 29.4. The third-order valence-corrected chi connectivity index (χ3v) is 6.55. The van der Waals surface area contributed by atoms with E-state index in [4.69, 9.17) is 44.3 Å². The molecule has 0 aromatic heterocycles. The van der Waals surface area contributed by atoms with Crippen LogP contribution in [0.5, 0.6) is 11.5 Å². The number of anilines is 1. The van der Waals surface area contributed by atoms with Crippen LogP contribution in [0.4, 0.5) is 11.4 Å². The number of carbonyl (C=O) groups is 1. The molecule has 1 N–H and O–H groups in total. The third kappa shape index (κ3) is 8.22. The second kappa shape index (κ2) is 13.7. The molecule has 0 bridgehead atoms. The molecule has 0 fully saturated rings. The Bertz CT molecular complexity index is 1670. The molecule has 4 aromatic rings. The second-order valence-corrected chi connectivity index (χ2v) is 9.83. The zero-order chi connectivity index (χ0) is 29.4. The number of ether oxygens (including phenoxy) is 2. The van der Waals surface area contributed by atoms with Gasteiger partial charge >= 0.3 is 0 Å². The highest BCUT2D eigenvalue weighted by atomic mass is 35.5. The summed E-state index contributed by atoms with van der Waals surface area (Å²) in [4.78, 5) is 23.2. The summed E-state index contributed by atoms with van der Waals surface area (Å²) in [5.74, 6) is 0.308. The van der Waals surface area contributed by atoms with Gasteiger partial charge in [-0.15, -0.1) is 0 Å². The van der Waals surface area contributed by atoms with E-state index in [-0.39, 0.29) is 29.5 Å². The van der Waals surface area contributed by atoms with Gasteiger partial charge in [0.25, 0.3) is 11.6 Å². The molecule has 4 aromatic carbocycles. The fourth-order valence-electron chi connectivity index (χ4n) is 3.59. The lowest BCUT2D eigenvalue weighted by atomic mass is 10.1. The number of benzene rings is 4. The molecule has 4 rings (SSSR count). The largest absolute Gasteiger partial charge is 0.489 e. The van der Waals surface area contributed by atoms with Crippen molar-refractivity contribution in [2.75, 3.05) is 5.32 Å². The van der Waals surface area contributed by atoms with Gasteiger partial charge in [-0.25, -0.2) is 0 Å². The maximum Gasteiger partial charge on any atom is 0.269 e. The Kier molecular flexibility index (Phi) is 9.82. The smallest absolute Gasteiger partial charge is 0.269 e. The molecule has 8 nitrogen and oxygen atoms in total. The van der Waals surface area contributed by atoms with Gasteiger partial charge in [0.2, 0.25) is 0 Å². The maximum absolute atomic E-state index is 12.7. The van der Waals surface area contributed by atoms with E-state index in [1.807, 2.05) is 6.07 Å². The minimum atomic E-state index is -0.601. The maximum atomic E-state index is 12.7. The molecular formula is C30H20Cl3N3O5. The number of hydrogen-bond acceptors (Lipinski definition) is 6. The molecule has 206 valence electrons. The van der Waals surface area contributed by atoms with E-state index in [9.17, 15) is 20.2 Å². The van der Waals surface area contributed by atoms with E-state index in [0.29, 0.717) is 38.4 Å². The number of hydrogen-bond donors (Lipinski definition) is 1. The third-order valence-electron chi connectivity index (χ3n) is 5.67. The number of rotatable bonds is 10. The van der Waals surface area contributed by atoms with E-state index in [1.165, 1.54) is 18.2 Å². The molecule has 0 atom stereocenters. The fraction of sp³-hybridized carbons (Fsp3) is 0.0667. The van der Waals surface area contributed by atoms with Gasteiger partial charge in [-0.1, -0.05) is 59.1 Å². The number of nitrogens with one attached hydrogen (secondary N) is 1. The summed E-state index contributed by atoms with van der Waals surface area (Å²) in [5.41, 5.74) is 2.19. The molecule has 41 heavy (non-hydrogen) atoms. The first-order chi connectivity index (χ1) is 19.7. The van der Waals surface area contributed by atoms with Gasteiger partial charge in [-0.05, 0) is 65.7 Å². The number of nitriles is 1. The van der Waals surface area contributed by atoms with E-state index >= 15 is 0 Å². The molecule has 0 aliphatic rings. The molecule has 0 heterocycles. The van der Waals surface area contributed by atoms with Crippen molar-refractivity contribution in [2.45, 2.75) is 13.2 Å². The molecule has 11 heteroatoms. The van der Waals surface area contributed by atoms with Crippen LogP contribution in [-0.2, 0) is 18.0 Å². The van der Waals surface area contributed by atoms with Crippen LogP contribution < -0.4 is 14.8 Å². The molecular weight excluding hydrogens is 589 g/mol. The first-order valence-corrected chi connectivity index (χ1v) is 13.1. The van der Waals surface area contributed by atoms with Gasteiger partial charge in [0.15, 0.2) is 0 Å². The van der Waals surface area contributed by atoms with Crippen molar-refractivity contribution in [3.63, 3.8) is 0 Å². The van der Waals surface area contributed by atoms with Crippen molar-refractivity contribution in [1.29, 1.82) is 5.26 Å². The Morgan fingerprint density at radius 3 is 2.39 bits per heavy atom. The molecule has 0 aliphatic heterocycles. The highest BCUT2D eigenvalue weighted by molar-refractivity contribution is 6.35. The number of carbonyl (C=O) groups excluding carboxylic acids is 1. The Morgan fingerprint density at radius 2 is 1.71 bits per heavy atom. The molecule has 0 radical (unpaired) electrons. The van der Waals surface area contributed by atoms with Crippen molar-refractivity contribution in [2.24, 2.45) is 0 Å². The van der Waals surface area contributed by atoms with Crippen molar-refractivity contribution < 1.29 is 19.2 Å². The van der Waals surface area contributed by atoms with E-state index in [0.717, 1.165) is 5.56 Å². The Balaban J connectivity index is 1.35. The summed E-state index contributed by atoms with van der Waals surface area (Å²) < 4.78 is 11.4. The number of nitro groups is 1. The summed E-state index contributed by atoms with van der Waals surface area (Å²) in [6, 6.07) is 24.6. The minimum Gasteiger partial charge on any atom is -0.489 e. The summed E-state index contributed by atoms with van der Waals surface area (Å²) >= 11 is 18.4. The van der Waals surface area contributed by atoms with E-state index in [1.54, 1.807) is 72.8 Å². The summed E-state index contributed by atoms with van der Waals surface area (Å²) in [6.45, 7) is 0.311. The van der Waals surface area contributed by atoms with Gasteiger partial charge in [-0.2, -0.15) is 5.26 Å². The fourth-order valence-corrected chi connectivity index (χ4v) is 4.30. The van der Waals surface area contributed by atoms with Gasteiger partial charge in [0.1, 0.15) is 36.4 Å². The van der Waals surface area contributed by atoms with Gasteiger partial charge in [0.05, 0.1) is 9.95 Å². The Hall–Kier alpha value is -4.55. The zero-order valence-corrected chi connectivity index (χ0v) is 23.4. The van der Waals surface area contributed by atoms with Crippen LogP contribution in [-0.4, -0.2) is 10.8 Å². The van der Waals surface area contributed by atoms with Gasteiger partial charge < -0.3 is 14.8 Å². The van der Waals surface area contributed by atoms with Crippen LogP contribution in [0, 0.1) is 21.4 Å². The normalized spacial score (nSPS) is 10.9. The van der Waals surface area contributed by atoms with Gasteiger partial charge in [0, 0.05) is 33.4 Å². The lowest BCUT2D eigenvalue weighted by Gasteiger charge is -2.10. The molecule has 0 unspecified atom stereocenters. The van der Waals surface area contributed by atoms with Gasteiger partial charge in [-0.3, -0.25) is 14.9 Å². The van der Waals surface area contributed by atoms with Crippen LogP contribution in [0.3, 0.4) is 0 Å². The number of nitro benzene ring substituents is 1. The summed E-state index contributed by atoms with van der Waals surface area (Å²) in [6.07, 6.45) is 1.40. The zero-order valence-electron chi connectivity index (χ0n) is 21.1. The average molecular weight is 609 g/mol. The topological polar surface area (TPSA) is 114 Å². The van der Waals surface area contributed by atoms with Crippen molar-refractivity contribution in [3.05, 3.63) is 132 Å². The number of amides is 1. The van der Waals surface area contributed by atoms with E-state index in [2.05, 4.69) is 5.32 Å². The predicted molar refractivity (Wildman–Crippen MR) is 158 cm³/mol. The highest BCUT2D eigenvalue weighted by Crippen LogP contribution is 2.28. The number of halogens is 3.